The van der Waals surface area contributed by atoms with Crippen molar-refractivity contribution in [2.24, 2.45) is 0 Å². The first-order valence-corrected chi connectivity index (χ1v) is 10.3. The van der Waals surface area contributed by atoms with Crippen molar-refractivity contribution < 1.29 is 28.5 Å². The molecule has 1 aliphatic heterocycles. The van der Waals surface area contributed by atoms with Crippen LogP contribution in [-0.4, -0.2) is 48.4 Å². The molecule has 3 rings (SSSR count). The SMILES string of the molecule is COC(=O)[C@@H]1C[C@H](Oc2cccc(OCc3ccccc3)c2)CN1C(=O)OC(C)(C)C. The molecule has 0 spiro atoms. The maximum atomic E-state index is 12.6. The number of methoxy groups -OCH3 is 1. The Morgan fingerprint density at radius 2 is 1.74 bits per heavy atom. The number of hydrogen-bond donors (Lipinski definition) is 0. The molecule has 1 fully saturated rings. The van der Waals surface area contributed by atoms with Gasteiger partial charge < -0.3 is 18.9 Å². The van der Waals surface area contributed by atoms with Crippen molar-refractivity contribution in [3.8, 4) is 11.5 Å². The van der Waals surface area contributed by atoms with Gasteiger partial charge in [0.25, 0.3) is 0 Å². The van der Waals surface area contributed by atoms with Gasteiger partial charge in [-0.15, -0.1) is 0 Å². The maximum Gasteiger partial charge on any atom is 0.411 e. The van der Waals surface area contributed by atoms with E-state index in [-0.39, 0.29) is 12.6 Å². The fraction of sp³-hybridized carbons (Fsp3) is 0.417. The molecule has 1 amide bonds. The van der Waals surface area contributed by atoms with Crippen molar-refractivity contribution in [1.82, 2.24) is 4.90 Å². The van der Waals surface area contributed by atoms with Gasteiger partial charge in [0.05, 0.1) is 13.7 Å². The van der Waals surface area contributed by atoms with Crippen LogP contribution in [-0.2, 0) is 20.9 Å². The largest absolute Gasteiger partial charge is 0.489 e. The number of carbonyl (C=O) groups excluding carboxylic acids is 2. The van der Waals surface area contributed by atoms with Gasteiger partial charge in [-0.2, -0.15) is 0 Å². The summed E-state index contributed by atoms with van der Waals surface area (Å²) in [7, 11) is 1.30. The van der Waals surface area contributed by atoms with Crippen LogP contribution in [0.15, 0.2) is 54.6 Å². The van der Waals surface area contributed by atoms with Crippen molar-refractivity contribution >= 4 is 12.1 Å². The van der Waals surface area contributed by atoms with E-state index < -0.39 is 23.7 Å². The Labute approximate surface area is 182 Å². The number of amides is 1. The van der Waals surface area contributed by atoms with Gasteiger partial charge in [0.15, 0.2) is 0 Å². The molecule has 1 saturated heterocycles. The summed E-state index contributed by atoms with van der Waals surface area (Å²) >= 11 is 0. The average molecular weight is 427 g/mol. The van der Waals surface area contributed by atoms with E-state index in [1.807, 2.05) is 48.5 Å². The normalized spacial score (nSPS) is 18.4. The fourth-order valence-electron chi connectivity index (χ4n) is 3.34. The second-order valence-corrected chi connectivity index (χ2v) is 8.40. The minimum absolute atomic E-state index is 0.226. The molecule has 0 unspecified atom stereocenters. The van der Waals surface area contributed by atoms with Gasteiger partial charge in [-0.1, -0.05) is 36.4 Å². The van der Waals surface area contributed by atoms with Crippen molar-refractivity contribution in [2.45, 2.75) is 51.5 Å². The first-order chi connectivity index (χ1) is 14.7. The molecule has 2 atom stereocenters. The van der Waals surface area contributed by atoms with E-state index in [4.69, 9.17) is 18.9 Å². The summed E-state index contributed by atoms with van der Waals surface area (Å²) in [6.45, 7) is 6.02. The summed E-state index contributed by atoms with van der Waals surface area (Å²) in [6, 6.07) is 16.4. The summed E-state index contributed by atoms with van der Waals surface area (Å²) in [5.41, 5.74) is 0.403. The molecule has 0 saturated carbocycles. The van der Waals surface area contributed by atoms with E-state index in [9.17, 15) is 9.59 Å². The average Bonchev–Trinajstić information content (AvgIpc) is 3.15. The molecule has 1 heterocycles. The third-order valence-corrected chi connectivity index (χ3v) is 4.72. The van der Waals surface area contributed by atoms with Gasteiger partial charge in [0.2, 0.25) is 0 Å². The molecule has 31 heavy (non-hydrogen) atoms. The molecule has 166 valence electrons. The Kier molecular flexibility index (Phi) is 7.05. The molecule has 0 aliphatic carbocycles. The molecular weight excluding hydrogens is 398 g/mol. The van der Waals surface area contributed by atoms with Crippen LogP contribution >= 0.6 is 0 Å². The Morgan fingerprint density at radius 1 is 1.03 bits per heavy atom. The Hall–Kier alpha value is -3.22. The molecule has 2 aromatic rings. The van der Waals surface area contributed by atoms with Gasteiger partial charge in [-0.25, -0.2) is 9.59 Å². The molecule has 2 aromatic carbocycles. The number of nitrogens with zero attached hydrogens (tertiary/aromatic N) is 1. The highest BCUT2D eigenvalue weighted by Gasteiger charge is 2.43. The van der Waals surface area contributed by atoms with E-state index in [1.54, 1.807) is 26.8 Å². The van der Waals surface area contributed by atoms with E-state index in [0.29, 0.717) is 24.5 Å². The Bertz CT molecular complexity index is 892. The number of hydrogen-bond acceptors (Lipinski definition) is 6. The number of likely N-dealkylation sites (tertiary alicyclic amines) is 1. The molecule has 0 radical (unpaired) electrons. The van der Waals surface area contributed by atoms with Crippen LogP contribution < -0.4 is 9.47 Å². The predicted molar refractivity (Wildman–Crippen MR) is 115 cm³/mol. The monoisotopic (exact) mass is 427 g/mol. The minimum Gasteiger partial charge on any atom is -0.489 e. The van der Waals surface area contributed by atoms with Gasteiger partial charge >= 0.3 is 12.1 Å². The molecule has 7 heteroatoms. The number of carbonyl (C=O) groups is 2. The molecule has 0 N–H and O–H groups in total. The third-order valence-electron chi connectivity index (χ3n) is 4.72. The highest BCUT2D eigenvalue weighted by atomic mass is 16.6. The second-order valence-electron chi connectivity index (χ2n) is 8.40. The fourth-order valence-corrected chi connectivity index (χ4v) is 3.34. The van der Waals surface area contributed by atoms with Crippen LogP contribution in [0.4, 0.5) is 4.79 Å². The highest BCUT2D eigenvalue weighted by Crippen LogP contribution is 2.28. The number of ether oxygens (including phenoxy) is 4. The summed E-state index contributed by atoms with van der Waals surface area (Å²) in [5.74, 6) is 0.787. The van der Waals surface area contributed by atoms with E-state index in [2.05, 4.69) is 0 Å². The second kappa shape index (κ2) is 9.73. The molecule has 0 bridgehead atoms. The van der Waals surface area contributed by atoms with Gasteiger partial charge in [-0.3, -0.25) is 4.90 Å². The lowest BCUT2D eigenvalue weighted by Gasteiger charge is -2.27. The molecule has 1 aliphatic rings. The smallest absolute Gasteiger partial charge is 0.411 e. The topological polar surface area (TPSA) is 74.3 Å². The van der Waals surface area contributed by atoms with Crippen molar-refractivity contribution in [2.75, 3.05) is 13.7 Å². The van der Waals surface area contributed by atoms with Gasteiger partial charge in [0, 0.05) is 12.5 Å². The lowest BCUT2D eigenvalue weighted by atomic mass is 10.2. The standard InChI is InChI=1S/C24H29NO6/c1-24(2,3)31-23(27)25-15-20(14-21(25)22(26)28-4)30-19-12-8-11-18(13-19)29-16-17-9-6-5-7-10-17/h5-13,20-21H,14-16H2,1-4H3/t20-,21-/m0/s1. The Balaban J connectivity index is 1.65. The van der Waals surface area contributed by atoms with Crippen LogP contribution in [0.3, 0.4) is 0 Å². The quantitative estimate of drug-likeness (QED) is 0.644. The van der Waals surface area contributed by atoms with Crippen LogP contribution in [0.2, 0.25) is 0 Å². The maximum absolute atomic E-state index is 12.6. The zero-order chi connectivity index (χ0) is 22.4. The predicted octanol–water partition coefficient (Wildman–Crippen LogP) is 4.20. The van der Waals surface area contributed by atoms with Crippen molar-refractivity contribution in [3.63, 3.8) is 0 Å². The minimum atomic E-state index is -0.748. The Morgan fingerprint density at radius 3 is 2.42 bits per heavy atom. The first-order valence-electron chi connectivity index (χ1n) is 10.3. The molecular formula is C24H29NO6. The summed E-state index contributed by atoms with van der Waals surface area (Å²) in [4.78, 5) is 26.2. The van der Waals surface area contributed by atoms with Gasteiger partial charge in [0.1, 0.15) is 35.9 Å². The summed E-state index contributed by atoms with van der Waals surface area (Å²) in [6.07, 6.45) is -0.615. The van der Waals surface area contributed by atoms with Crippen LogP contribution in [0.1, 0.15) is 32.8 Å². The van der Waals surface area contributed by atoms with Crippen molar-refractivity contribution in [1.29, 1.82) is 0 Å². The summed E-state index contributed by atoms with van der Waals surface area (Å²) in [5, 5.41) is 0. The van der Waals surface area contributed by atoms with Crippen LogP contribution in [0.25, 0.3) is 0 Å². The highest BCUT2D eigenvalue weighted by molar-refractivity contribution is 5.82. The molecule has 7 nitrogen and oxygen atoms in total. The van der Waals surface area contributed by atoms with E-state index in [0.717, 1.165) is 5.56 Å². The number of esters is 1. The zero-order valence-electron chi connectivity index (χ0n) is 18.4. The lowest BCUT2D eigenvalue weighted by molar-refractivity contribution is -0.145. The zero-order valence-corrected chi connectivity index (χ0v) is 18.4. The van der Waals surface area contributed by atoms with Crippen molar-refractivity contribution in [3.05, 3.63) is 60.2 Å². The van der Waals surface area contributed by atoms with Crippen LogP contribution in [0, 0.1) is 0 Å². The lowest BCUT2D eigenvalue weighted by Crippen LogP contribution is -2.44. The molecule has 0 aromatic heterocycles. The van der Waals surface area contributed by atoms with Gasteiger partial charge in [-0.05, 0) is 38.5 Å². The van der Waals surface area contributed by atoms with E-state index in [1.165, 1.54) is 12.0 Å². The summed E-state index contributed by atoms with van der Waals surface area (Å²) < 4.78 is 22.2. The number of benzene rings is 2. The third kappa shape index (κ3) is 6.38. The number of rotatable bonds is 6. The van der Waals surface area contributed by atoms with E-state index >= 15 is 0 Å². The first kappa shape index (κ1) is 22.5. The van der Waals surface area contributed by atoms with Crippen LogP contribution in [0.5, 0.6) is 11.5 Å².